The van der Waals surface area contributed by atoms with Crippen LogP contribution in [0.25, 0.3) is 21.9 Å². The zero-order chi connectivity index (χ0) is 22.0. The third-order valence-corrected chi connectivity index (χ3v) is 4.85. The molecule has 0 bridgehead atoms. The molecule has 8 heteroatoms. The van der Waals surface area contributed by atoms with Gasteiger partial charge in [-0.15, -0.1) is 0 Å². The van der Waals surface area contributed by atoms with Crippen LogP contribution in [-0.4, -0.2) is 20.9 Å². The molecule has 0 spiro atoms. The van der Waals surface area contributed by atoms with Gasteiger partial charge in [-0.1, -0.05) is 12.1 Å². The largest absolute Gasteiger partial charge is 0.419 e. The topological polar surface area (TPSA) is 119 Å². The zero-order valence-corrected chi connectivity index (χ0v) is 16.3. The van der Waals surface area contributed by atoms with Crippen molar-refractivity contribution in [3.05, 3.63) is 94.1 Å². The lowest BCUT2D eigenvalue weighted by Crippen LogP contribution is -2.11. The maximum absolute atomic E-state index is 12.6. The molecule has 0 atom stereocenters. The summed E-state index contributed by atoms with van der Waals surface area (Å²) in [7, 11) is 0. The Bertz CT molecular complexity index is 1370. The van der Waals surface area contributed by atoms with Crippen molar-refractivity contribution < 1.29 is 14.5 Å². The number of rotatable bonds is 4. The quantitative estimate of drug-likeness (QED) is 0.274. The molecule has 8 nitrogen and oxygen atoms in total. The number of fused-ring (bicyclic) bond motifs is 1. The molecule has 0 fully saturated rings. The number of ether oxygens (including phenoxy) is 1. The molecular formula is C23H14N4O4. The van der Waals surface area contributed by atoms with Gasteiger partial charge >= 0.3 is 5.97 Å². The van der Waals surface area contributed by atoms with Crippen LogP contribution in [0.1, 0.15) is 21.6 Å². The lowest BCUT2D eigenvalue weighted by molar-refractivity contribution is -0.384. The Morgan fingerprint density at radius 3 is 2.58 bits per heavy atom. The van der Waals surface area contributed by atoms with Crippen LogP contribution in [0.4, 0.5) is 5.69 Å². The molecule has 0 saturated carbocycles. The number of pyridine rings is 2. The van der Waals surface area contributed by atoms with Crippen LogP contribution >= 0.6 is 0 Å². The van der Waals surface area contributed by atoms with Crippen LogP contribution in [0.15, 0.2) is 67.1 Å². The molecule has 0 saturated heterocycles. The predicted molar refractivity (Wildman–Crippen MR) is 112 cm³/mol. The van der Waals surface area contributed by atoms with Crippen molar-refractivity contribution in [1.29, 1.82) is 5.26 Å². The Kier molecular flexibility index (Phi) is 5.08. The standard InChI is InChI=1S/C23H14N4O4/c1-14-20(17-2-3-18-12-25-9-8-16(18)10-17)13-26-21(11-24)22(14)31-23(28)15-4-6-19(7-5-15)27(29)30/h2-10,12-13H,1H3. The fourth-order valence-electron chi connectivity index (χ4n) is 3.20. The van der Waals surface area contributed by atoms with Crippen LogP contribution in [0.2, 0.25) is 0 Å². The minimum absolute atomic E-state index is 0.0264. The van der Waals surface area contributed by atoms with E-state index in [1.165, 1.54) is 24.3 Å². The van der Waals surface area contributed by atoms with E-state index in [-0.39, 0.29) is 22.7 Å². The molecular weight excluding hydrogens is 396 g/mol. The first-order valence-electron chi connectivity index (χ1n) is 9.18. The highest BCUT2D eigenvalue weighted by atomic mass is 16.6. The fraction of sp³-hybridized carbons (Fsp3) is 0.0435. The monoisotopic (exact) mass is 410 g/mol. The second-order valence-electron chi connectivity index (χ2n) is 6.72. The smallest absolute Gasteiger partial charge is 0.343 e. The summed E-state index contributed by atoms with van der Waals surface area (Å²) in [5.74, 6) is -0.684. The number of carbonyl (C=O) groups excluding carboxylic acids is 1. The number of benzene rings is 2. The number of non-ortho nitro benzene ring substituents is 1. The summed E-state index contributed by atoms with van der Waals surface area (Å²) in [6.45, 7) is 1.74. The summed E-state index contributed by atoms with van der Waals surface area (Å²) < 4.78 is 5.50. The first-order chi connectivity index (χ1) is 15.0. The van der Waals surface area contributed by atoms with Crippen LogP contribution in [-0.2, 0) is 0 Å². The van der Waals surface area contributed by atoms with Crippen molar-refractivity contribution in [3.63, 3.8) is 0 Å². The lowest BCUT2D eigenvalue weighted by atomic mass is 9.99. The molecule has 2 aromatic heterocycles. The number of nitrogens with zero attached hydrogens (tertiary/aromatic N) is 4. The molecule has 0 aliphatic carbocycles. The van der Waals surface area contributed by atoms with E-state index >= 15 is 0 Å². The first kappa shape index (κ1) is 19.7. The van der Waals surface area contributed by atoms with Crippen LogP contribution in [0.5, 0.6) is 5.75 Å². The number of hydrogen-bond donors (Lipinski definition) is 0. The summed E-state index contributed by atoms with van der Waals surface area (Å²) in [4.78, 5) is 31.1. The van der Waals surface area contributed by atoms with Gasteiger partial charge in [0.1, 0.15) is 6.07 Å². The third-order valence-electron chi connectivity index (χ3n) is 4.85. The second-order valence-corrected chi connectivity index (χ2v) is 6.72. The van der Waals surface area contributed by atoms with Crippen molar-refractivity contribution >= 4 is 22.4 Å². The Morgan fingerprint density at radius 1 is 1.10 bits per heavy atom. The van der Waals surface area contributed by atoms with Gasteiger partial charge in [0.25, 0.3) is 5.69 Å². The summed E-state index contributed by atoms with van der Waals surface area (Å²) in [5, 5.41) is 22.2. The average Bonchev–Trinajstić information content (AvgIpc) is 2.80. The average molecular weight is 410 g/mol. The van der Waals surface area contributed by atoms with Gasteiger partial charge < -0.3 is 4.74 Å². The van der Waals surface area contributed by atoms with Crippen LogP contribution in [0.3, 0.4) is 0 Å². The molecule has 0 aliphatic heterocycles. The number of nitro benzene ring substituents is 1. The van der Waals surface area contributed by atoms with Gasteiger partial charge in [0.05, 0.1) is 10.5 Å². The first-order valence-corrected chi connectivity index (χ1v) is 9.18. The van der Waals surface area contributed by atoms with Gasteiger partial charge in [0, 0.05) is 47.2 Å². The van der Waals surface area contributed by atoms with E-state index in [2.05, 4.69) is 9.97 Å². The Morgan fingerprint density at radius 2 is 1.87 bits per heavy atom. The highest BCUT2D eigenvalue weighted by Crippen LogP contribution is 2.33. The number of nitro groups is 1. The minimum Gasteiger partial charge on any atom is -0.419 e. The van der Waals surface area contributed by atoms with Gasteiger partial charge in [-0.3, -0.25) is 15.1 Å². The maximum atomic E-state index is 12.6. The Labute approximate surface area is 176 Å². The normalized spacial score (nSPS) is 10.5. The molecule has 0 unspecified atom stereocenters. The van der Waals surface area contributed by atoms with Crippen molar-refractivity contribution in [1.82, 2.24) is 9.97 Å². The third kappa shape index (κ3) is 3.80. The SMILES string of the molecule is Cc1c(-c2ccc3cnccc3c2)cnc(C#N)c1OC(=O)c1ccc([N+](=O)[O-])cc1. The molecule has 4 aromatic rings. The summed E-state index contributed by atoms with van der Waals surface area (Å²) in [5.41, 5.74) is 2.10. The van der Waals surface area contributed by atoms with Crippen molar-refractivity contribution in [2.24, 2.45) is 0 Å². The highest BCUT2D eigenvalue weighted by Gasteiger charge is 2.19. The molecule has 2 aromatic carbocycles. The lowest BCUT2D eigenvalue weighted by Gasteiger charge is -2.13. The van der Waals surface area contributed by atoms with Gasteiger partial charge in [0.15, 0.2) is 11.4 Å². The van der Waals surface area contributed by atoms with E-state index in [1.54, 1.807) is 25.5 Å². The van der Waals surface area contributed by atoms with Gasteiger partial charge in [-0.25, -0.2) is 9.78 Å². The molecule has 150 valence electrons. The molecule has 0 amide bonds. The molecule has 2 heterocycles. The van der Waals surface area contributed by atoms with Crippen molar-refractivity contribution in [2.45, 2.75) is 6.92 Å². The second kappa shape index (κ2) is 8.00. The zero-order valence-electron chi connectivity index (χ0n) is 16.3. The van der Waals surface area contributed by atoms with Crippen molar-refractivity contribution in [3.8, 4) is 22.9 Å². The van der Waals surface area contributed by atoms with E-state index in [1.807, 2.05) is 30.3 Å². The van der Waals surface area contributed by atoms with Crippen molar-refractivity contribution in [2.75, 3.05) is 0 Å². The van der Waals surface area contributed by atoms with Crippen LogP contribution in [0, 0.1) is 28.4 Å². The summed E-state index contributed by atoms with van der Waals surface area (Å²) >= 11 is 0. The number of esters is 1. The van der Waals surface area contributed by atoms with Gasteiger partial charge in [0.2, 0.25) is 0 Å². The molecule has 4 rings (SSSR count). The number of nitriles is 1. The van der Waals surface area contributed by atoms with Gasteiger partial charge in [-0.2, -0.15) is 5.26 Å². The Hall–Kier alpha value is -4.64. The van der Waals surface area contributed by atoms with E-state index < -0.39 is 10.9 Å². The summed E-state index contributed by atoms with van der Waals surface area (Å²) in [6, 6.07) is 14.7. The maximum Gasteiger partial charge on any atom is 0.343 e. The summed E-state index contributed by atoms with van der Waals surface area (Å²) in [6.07, 6.45) is 5.03. The van der Waals surface area contributed by atoms with E-state index in [0.29, 0.717) is 11.1 Å². The van der Waals surface area contributed by atoms with E-state index in [9.17, 15) is 20.2 Å². The molecule has 31 heavy (non-hydrogen) atoms. The van der Waals surface area contributed by atoms with Crippen LogP contribution < -0.4 is 4.74 Å². The van der Waals surface area contributed by atoms with E-state index in [4.69, 9.17) is 4.74 Å². The number of hydrogen-bond acceptors (Lipinski definition) is 7. The molecule has 0 radical (unpaired) electrons. The number of carbonyl (C=O) groups is 1. The number of aromatic nitrogens is 2. The minimum atomic E-state index is -0.738. The Balaban J connectivity index is 1.72. The fourth-order valence-corrected chi connectivity index (χ4v) is 3.20. The highest BCUT2D eigenvalue weighted by molar-refractivity contribution is 5.92. The predicted octanol–water partition coefficient (Wildman–Crippen LogP) is 4.60. The van der Waals surface area contributed by atoms with E-state index in [0.717, 1.165) is 16.3 Å². The van der Waals surface area contributed by atoms with Gasteiger partial charge in [-0.05, 0) is 42.1 Å². The molecule has 0 N–H and O–H groups in total. The molecule has 0 aliphatic rings.